The number of anilines is 1. The van der Waals surface area contributed by atoms with Gasteiger partial charge in [-0.05, 0) is 49.4 Å². The van der Waals surface area contributed by atoms with E-state index in [9.17, 15) is 22.4 Å². The van der Waals surface area contributed by atoms with Crippen LogP contribution >= 0.6 is 0 Å². The molecule has 3 rings (SSSR count). The molecule has 1 aliphatic carbocycles. The first-order valence-electron chi connectivity index (χ1n) is 12.6. The maximum absolute atomic E-state index is 14.8. The molecule has 1 fully saturated rings. The molecule has 0 saturated heterocycles. The summed E-state index contributed by atoms with van der Waals surface area (Å²) in [6.07, 6.45) is 4.24. The Bertz CT molecular complexity index is 1200. The number of para-hydroxylation sites is 1. The van der Waals surface area contributed by atoms with Crippen LogP contribution in [-0.2, 0) is 26.3 Å². The zero-order valence-corrected chi connectivity index (χ0v) is 22.8. The standard InChI is InChI=1S/C27H37FN4O4S/c1-5-24(27(34)29-22-14-8-9-15-22)31(18-21-13-7-6-12-20(21)2)26(33)19-32(37(35,36)30(3)4)25-17-11-10-16-23(25)28/h6-7,10-13,16-17,22,24H,5,8-9,14-15,18-19H2,1-4H3,(H,29,34). The van der Waals surface area contributed by atoms with Crippen molar-refractivity contribution < 1.29 is 22.4 Å². The average Bonchev–Trinajstić information content (AvgIpc) is 3.36. The molecule has 1 atom stereocenters. The van der Waals surface area contributed by atoms with Gasteiger partial charge >= 0.3 is 10.2 Å². The molecule has 0 aromatic heterocycles. The fourth-order valence-corrected chi connectivity index (χ4v) is 5.68. The van der Waals surface area contributed by atoms with Crippen LogP contribution in [0.15, 0.2) is 48.5 Å². The van der Waals surface area contributed by atoms with Crippen LogP contribution in [0.1, 0.15) is 50.2 Å². The predicted molar refractivity (Wildman–Crippen MR) is 143 cm³/mol. The van der Waals surface area contributed by atoms with Gasteiger partial charge in [-0.15, -0.1) is 0 Å². The third-order valence-electron chi connectivity index (χ3n) is 6.83. The number of aryl methyl sites for hydroxylation is 1. The van der Waals surface area contributed by atoms with Gasteiger partial charge in [-0.3, -0.25) is 9.59 Å². The van der Waals surface area contributed by atoms with Crippen LogP contribution in [0.25, 0.3) is 0 Å². The molecule has 202 valence electrons. The minimum Gasteiger partial charge on any atom is -0.352 e. The van der Waals surface area contributed by atoms with Crippen LogP contribution in [0.3, 0.4) is 0 Å². The second-order valence-corrected chi connectivity index (χ2v) is 11.7. The van der Waals surface area contributed by atoms with Gasteiger partial charge in [-0.1, -0.05) is 56.2 Å². The molecule has 0 heterocycles. The molecule has 1 saturated carbocycles. The van der Waals surface area contributed by atoms with E-state index in [1.54, 1.807) is 0 Å². The molecular weight excluding hydrogens is 495 g/mol. The van der Waals surface area contributed by atoms with E-state index in [0.29, 0.717) is 6.42 Å². The van der Waals surface area contributed by atoms with Gasteiger partial charge in [0.2, 0.25) is 11.8 Å². The minimum absolute atomic E-state index is 0.0704. The lowest BCUT2D eigenvalue weighted by atomic mass is 10.1. The molecule has 8 nitrogen and oxygen atoms in total. The Labute approximate surface area is 219 Å². The molecule has 2 aromatic carbocycles. The summed E-state index contributed by atoms with van der Waals surface area (Å²) < 4.78 is 42.8. The first-order valence-corrected chi connectivity index (χ1v) is 14.0. The number of nitrogens with zero attached hydrogens (tertiary/aromatic N) is 3. The predicted octanol–water partition coefficient (Wildman–Crippen LogP) is 3.61. The van der Waals surface area contributed by atoms with E-state index in [0.717, 1.165) is 51.5 Å². The van der Waals surface area contributed by atoms with E-state index < -0.39 is 34.5 Å². The van der Waals surface area contributed by atoms with E-state index >= 15 is 0 Å². The van der Waals surface area contributed by atoms with Crippen molar-refractivity contribution in [3.63, 3.8) is 0 Å². The van der Waals surface area contributed by atoms with Crippen LogP contribution in [-0.4, -0.2) is 62.2 Å². The lowest BCUT2D eigenvalue weighted by molar-refractivity contribution is -0.140. The van der Waals surface area contributed by atoms with Crippen molar-refractivity contribution in [3.05, 3.63) is 65.5 Å². The van der Waals surface area contributed by atoms with Crippen molar-refractivity contribution in [3.8, 4) is 0 Å². The molecule has 10 heteroatoms. The number of carbonyl (C=O) groups excluding carboxylic acids is 2. The van der Waals surface area contributed by atoms with E-state index in [4.69, 9.17) is 0 Å². The fraction of sp³-hybridized carbons (Fsp3) is 0.481. The number of rotatable bonds is 11. The molecule has 0 spiro atoms. The average molecular weight is 533 g/mol. The van der Waals surface area contributed by atoms with Crippen LogP contribution in [0.2, 0.25) is 0 Å². The van der Waals surface area contributed by atoms with Crippen molar-refractivity contribution in [1.82, 2.24) is 14.5 Å². The number of hydrogen-bond donors (Lipinski definition) is 1. The Balaban J connectivity index is 1.99. The van der Waals surface area contributed by atoms with Gasteiger partial charge in [0.15, 0.2) is 0 Å². The second kappa shape index (κ2) is 12.5. The molecule has 0 radical (unpaired) electrons. The molecule has 2 aromatic rings. The van der Waals surface area contributed by atoms with Gasteiger partial charge < -0.3 is 10.2 Å². The maximum Gasteiger partial charge on any atom is 0.304 e. The van der Waals surface area contributed by atoms with Gasteiger partial charge in [-0.25, -0.2) is 8.70 Å². The number of halogens is 1. The van der Waals surface area contributed by atoms with Crippen molar-refractivity contribution >= 4 is 27.7 Å². The summed E-state index contributed by atoms with van der Waals surface area (Å²) in [5.74, 6) is -1.62. The lowest BCUT2D eigenvalue weighted by Crippen LogP contribution is -2.54. The van der Waals surface area contributed by atoms with Gasteiger partial charge in [0.05, 0.1) is 5.69 Å². The Kier molecular flexibility index (Phi) is 9.67. The largest absolute Gasteiger partial charge is 0.352 e. The number of nitrogens with one attached hydrogen (secondary N) is 1. The Hall–Kier alpha value is -2.98. The van der Waals surface area contributed by atoms with Gasteiger partial charge in [0.1, 0.15) is 18.4 Å². The number of amides is 2. The van der Waals surface area contributed by atoms with Crippen molar-refractivity contribution in [2.24, 2.45) is 0 Å². The number of carbonyl (C=O) groups is 2. The summed E-state index contributed by atoms with van der Waals surface area (Å²) in [6.45, 7) is 3.21. The van der Waals surface area contributed by atoms with Crippen LogP contribution in [0.4, 0.5) is 10.1 Å². The zero-order chi connectivity index (χ0) is 27.2. The fourth-order valence-electron chi connectivity index (χ4n) is 4.61. The highest BCUT2D eigenvalue weighted by Crippen LogP contribution is 2.25. The van der Waals surface area contributed by atoms with Crippen LogP contribution < -0.4 is 9.62 Å². The highest BCUT2D eigenvalue weighted by molar-refractivity contribution is 7.90. The molecule has 2 amide bonds. The van der Waals surface area contributed by atoms with Crippen molar-refractivity contribution in [1.29, 1.82) is 0 Å². The molecule has 37 heavy (non-hydrogen) atoms. The summed E-state index contributed by atoms with van der Waals surface area (Å²) in [5.41, 5.74) is 1.55. The number of hydrogen-bond acceptors (Lipinski definition) is 4. The maximum atomic E-state index is 14.8. The third-order valence-corrected chi connectivity index (χ3v) is 8.64. The van der Waals surface area contributed by atoms with E-state index in [1.165, 1.54) is 37.2 Å². The summed E-state index contributed by atoms with van der Waals surface area (Å²) in [4.78, 5) is 28.6. The Morgan fingerprint density at radius 1 is 1.05 bits per heavy atom. The molecule has 1 unspecified atom stereocenters. The van der Waals surface area contributed by atoms with Crippen molar-refractivity contribution in [2.75, 3.05) is 24.9 Å². The topological polar surface area (TPSA) is 90.0 Å². The summed E-state index contributed by atoms with van der Waals surface area (Å²) in [7, 11) is -1.57. The first-order chi connectivity index (χ1) is 17.6. The summed E-state index contributed by atoms with van der Waals surface area (Å²) in [5, 5.41) is 3.08. The minimum atomic E-state index is -4.22. The zero-order valence-electron chi connectivity index (χ0n) is 22.0. The second-order valence-electron chi connectivity index (χ2n) is 9.61. The lowest BCUT2D eigenvalue weighted by Gasteiger charge is -2.34. The van der Waals surface area contributed by atoms with E-state index in [2.05, 4.69) is 5.32 Å². The third kappa shape index (κ3) is 6.87. The Morgan fingerprint density at radius 2 is 1.68 bits per heavy atom. The first kappa shape index (κ1) is 28.6. The molecular formula is C27H37FN4O4S. The quantitative estimate of drug-likeness (QED) is 0.479. The summed E-state index contributed by atoms with van der Waals surface area (Å²) in [6, 6.07) is 12.2. The summed E-state index contributed by atoms with van der Waals surface area (Å²) >= 11 is 0. The number of benzene rings is 2. The molecule has 1 N–H and O–H groups in total. The van der Waals surface area contributed by atoms with Gasteiger partial charge in [-0.2, -0.15) is 12.7 Å². The SMILES string of the molecule is CCC(C(=O)NC1CCCC1)N(Cc1ccccc1C)C(=O)CN(c1ccccc1F)S(=O)(=O)N(C)C. The van der Waals surface area contributed by atoms with Crippen LogP contribution in [0, 0.1) is 12.7 Å². The van der Waals surface area contributed by atoms with E-state index in [-0.39, 0.29) is 24.2 Å². The monoisotopic (exact) mass is 532 g/mol. The highest BCUT2D eigenvalue weighted by atomic mass is 32.2. The van der Waals surface area contributed by atoms with Crippen molar-refractivity contribution in [2.45, 2.75) is 64.6 Å². The molecule has 0 aliphatic heterocycles. The molecule has 1 aliphatic rings. The van der Waals surface area contributed by atoms with E-state index in [1.807, 2.05) is 38.1 Å². The van der Waals surface area contributed by atoms with Gasteiger partial charge in [0, 0.05) is 26.7 Å². The Morgan fingerprint density at radius 3 is 2.27 bits per heavy atom. The van der Waals surface area contributed by atoms with Crippen LogP contribution in [0.5, 0.6) is 0 Å². The highest BCUT2D eigenvalue weighted by Gasteiger charge is 2.35. The smallest absolute Gasteiger partial charge is 0.304 e. The van der Waals surface area contributed by atoms with Gasteiger partial charge in [0.25, 0.3) is 0 Å². The normalized spacial score (nSPS) is 15.0. The molecule has 0 bridgehead atoms.